The number of benzene rings is 2. The summed E-state index contributed by atoms with van der Waals surface area (Å²) in [6, 6.07) is 11.9. The van der Waals surface area contributed by atoms with Crippen LogP contribution in [0.15, 0.2) is 36.4 Å². The second-order valence-electron chi connectivity index (χ2n) is 9.86. The van der Waals surface area contributed by atoms with Crippen LogP contribution in [0.2, 0.25) is 0 Å². The third-order valence-corrected chi connectivity index (χ3v) is 6.56. The topological polar surface area (TPSA) is 52.6 Å². The average molecular weight is 467 g/mol. The highest BCUT2D eigenvalue weighted by Crippen LogP contribution is 2.40. The zero-order valence-electron chi connectivity index (χ0n) is 22.2. The minimum atomic E-state index is -0.376. The van der Waals surface area contributed by atoms with E-state index in [1.165, 1.54) is 11.1 Å². The first-order valence-electron chi connectivity index (χ1n) is 12.8. The van der Waals surface area contributed by atoms with Gasteiger partial charge in [-0.05, 0) is 71.9 Å². The Hall–Kier alpha value is -2.62. The molecule has 2 aromatic carbocycles. The standard InChI is InChI=1S/C30H42O4/c1-9-11-12-23-13-15-24(16-14-23)30(32)34-28-26(20(5)6)17-25(19(3)4)18-27(28)21(7)22(8)29(31)33-10-2/h13-22H,9-12H2,1-8H3. The number of rotatable bonds is 11. The molecule has 0 heterocycles. The molecule has 0 spiro atoms. The van der Waals surface area contributed by atoms with Crippen molar-refractivity contribution in [1.29, 1.82) is 0 Å². The van der Waals surface area contributed by atoms with E-state index in [9.17, 15) is 9.59 Å². The molecule has 0 aliphatic carbocycles. The van der Waals surface area contributed by atoms with Gasteiger partial charge in [0.05, 0.1) is 18.1 Å². The molecule has 0 saturated carbocycles. The summed E-state index contributed by atoms with van der Waals surface area (Å²) in [5.41, 5.74) is 4.78. The van der Waals surface area contributed by atoms with Gasteiger partial charge >= 0.3 is 11.9 Å². The molecule has 2 aromatic rings. The molecule has 0 saturated heterocycles. The minimum absolute atomic E-state index is 0.154. The molecular formula is C30H42O4. The van der Waals surface area contributed by atoms with Crippen LogP contribution in [0.1, 0.15) is 119 Å². The van der Waals surface area contributed by atoms with Gasteiger partial charge < -0.3 is 9.47 Å². The zero-order chi connectivity index (χ0) is 25.4. The Morgan fingerprint density at radius 1 is 0.853 bits per heavy atom. The summed E-state index contributed by atoms with van der Waals surface area (Å²) in [4.78, 5) is 25.7. The number of hydrogen-bond donors (Lipinski definition) is 0. The van der Waals surface area contributed by atoms with Crippen molar-refractivity contribution < 1.29 is 19.1 Å². The van der Waals surface area contributed by atoms with Gasteiger partial charge in [0.15, 0.2) is 0 Å². The fraction of sp³-hybridized carbons (Fsp3) is 0.533. The van der Waals surface area contributed by atoms with Crippen molar-refractivity contribution >= 4 is 11.9 Å². The smallest absolute Gasteiger partial charge is 0.343 e. The van der Waals surface area contributed by atoms with E-state index in [4.69, 9.17) is 9.47 Å². The van der Waals surface area contributed by atoms with E-state index in [0.717, 1.165) is 30.4 Å². The van der Waals surface area contributed by atoms with Gasteiger partial charge in [-0.3, -0.25) is 4.79 Å². The maximum absolute atomic E-state index is 13.2. The zero-order valence-corrected chi connectivity index (χ0v) is 22.2. The molecule has 34 heavy (non-hydrogen) atoms. The molecular weight excluding hydrogens is 424 g/mol. The summed E-state index contributed by atoms with van der Waals surface area (Å²) >= 11 is 0. The Kier molecular flexibility index (Phi) is 10.3. The van der Waals surface area contributed by atoms with Crippen LogP contribution in [-0.4, -0.2) is 18.5 Å². The molecule has 0 bridgehead atoms. The maximum atomic E-state index is 13.2. The Bertz CT molecular complexity index is 957. The molecule has 0 radical (unpaired) electrons. The Balaban J connectivity index is 2.49. The van der Waals surface area contributed by atoms with E-state index in [1.807, 2.05) is 45.0 Å². The van der Waals surface area contributed by atoms with Gasteiger partial charge in [0, 0.05) is 0 Å². The van der Waals surface area contributed by atoms with Crippen molar-refractivity contribution in [2.24, 2.45) is 5.92 Å². The SMILES string of the molecule is CCCCc1ccc(C(=O)Oc2c(C(C)C)cc(C(C)C)cc2C(C)C(C)C(=O)OCC)cc1. The maximum Gasteiger partial charge on any atom is 0.343 e. The van der Waals surface area contributed by atoms with E-state index >= 15 is 0 Å². The monoisotopic (exact) mass is 466 g/mol. The first-order valence-corrected chi connectivity index (χ1v) is 12.8. The first kappa shape index (κ1) is 27.6. The van der Waals surface area contributed by atoms with Crippen molar-refractivity contribution in [2.45, 2.75) is 92.4 Å². The molecule has 2 rings (SSSR count). The molecule has 0 N–H and O–H groups in total. The fourth-order valence-electron chi connectivity index (χ4n) is 4.00. The highest BCUT2D eigenvalue weighted by atomic mass is 16.5. The lowest BCUT2D eigenvalue weighted by Gasteiger charge is -2.26. The van der Waals surface area contributed by atoms with Crippen LogP contribution in [0, 0.1) is 5.92 Å². The molecule has 4 nitrogen and oxygen atoms in total. The molecule has 0 aromatic heterocycles. The predicted molar refractivity (Wildman–Crippen MR) is 139 cm³/mol. The number of unbranched alkanes of at least 4 members (excludes halogenated alkanes) is 1. The van der Waals surface area contributed by atoms with Crippen LogP contribution in [0.4, 0.5) is 0 Å². The summed E-state index contributed by atoms with van der Waals surface area (Å²) in [6.07, 6.45) is 3.27. The van der Waals surface area contributed by atoms with Crippen LogP contribution in [0.25, 0.3) is 0 Å². The fourth-order valence-corrected chi connectivity index (χ4v) is 4.00. The normalized spacial score (nSPS) is 13.1. The number of carbonyl (C=O) groups is 2. The van der Waals surface area contributed by atoms with E-state index in [2.05, 4.69) is 46.8 Å². The molecule has 4 heteroatoms. The number of carbonyl (C=O) groups excluding carboxylic acids is 2. The van der Waals surface area contributed by atoms with Gasteiger partial charge in [-0.1, -0.05) is 79.2 Å². The van der Waals surface area contributed by atoms with Gasteiger partial charge in [-0.2, -0.15) is 0 Å². The summed E-state index contributed by atoms with van der Waals surface area (Å²) in [7, 11) is 0. The summed E-state index contributed by atoms with van der Waals surface area (Å²) in [5.74, 6) is -0.117. The van der Waals surface area contributed by atoms with Crippen LogP contribution in [-0.2, 0) is 16.0 Å². The summed E-state index contributed by atoms with van der Waals surface area (Å²) in [5, 5.41) is 0. The number of aryl methyl sites for hydroxylation is 1. The third kappa shape index (κ3) is 6.94. The highest BCUT2D eigenvalue weighted by Gasteiger charge is 2.29. The van der Waals surface area contributed by atoms with E-state index in [1.54, 1.807) is 0 Å². The molecule has 0 aliphatic rings. The highest BCUT2D eigenvalue weighted by molar-refractivity contribution is 5.91. The van der Waals surface area contributed by atoms with Crippen molar-refractivity contribution in [3.8, 4) is 5.75 Å². The van der Waals surface area contributed by atoms with Crippen LogP contribution in [0.3, 0.4) is 0 Å². The number of ether oxygens (including phenoxy) is 2. The molecule has 2 atom stereocenters. The van der Waals surface area contributed by atoms with Crippen molar-refractivity contribution in [2.75, 3.05) is 6.61 Å². The average Bonchev–Trinajstić information content (AvgIpc) is 2.81. The molecule has 0 amide bonds. The summed E-state index contributed by atoms with van der Waals surface area (Å²) < 4.78 is 11.4. The van der Waals surface area contributed by atoms with Crippen LogP contribution in [0.5, 0.6) is 5.75 Å². The van der Waals surface area contributed by atoms with Gasteiger partial charge in [0.2, 0.25) is 0 Å². The molecule has 0 fully saturated rings. The lowest BCUT2D eigenvalue weighted by molar-refractivity contribution is -0.148. The van der Waals surface area contributed by atoms with E-state index < -0.39 is 0 Å². The van der Waals surface area contributed by atoms with E-state index in [0.29, 0.717) is 23.8 Å². The van der Waals surface area contributed by atoms with E-state index in [-0.39, 0.29) is 29.7 Å². The Labute approximate surface area is 206 Å². The lowest BCUT2D eigenvalue weighted by Crippen LogP contribution is -2.22. The Morgan fingerprint density at radius 3 is 2.00 bits per heavy atom. The number of hydrogen-bond acceptors (Lipinski definition) is 4. The van der Waals surface area contributed by atoms with Crippen LogP contribution < -0.4 is 4.74 Å². The quantitative estimate of drug-likeness (QED) is 0.250. The van der Waals surface area contributed by atoms with Gasteiger partial charge in [0.25, 0.3) is 0 Å². The third-order valence-electron chi connectivity index (χ3n) is 6.56. The second-order valence-corrected chi connectivity index (χ2v) is 9.86. The van der Waals surface area contributed by atoms with Crippen molar-refractivity contribution in [3.63, 3.8) is 0 Å². The largest absolute Gasteiger partial charge is 0.466 e. The minimum Gasteiger partial charge on any atom is -0.466 e. The predicted octanol–water partition coefficient (Wildman–Crippen LogP) is 7.80. The van der Waals surface area contributed by atoms with Crippen LogP contribution >= 0.6 is 0 Å². The molecule has 0 aliphatic heterocycles. The van der Waals surface area contributed by atoms with Gasteiger partial charge in [-0.25, -0.2) is 4.79 Å². The molecule has 2 unspecified atom stereocenters. The van der Waals surface area contributed by atoms with Crippen molar-refractivity contribution in [1.82, 2.24) is 0 Å². The van der Waals surface area contributed by atoms with Gasteiger partial charge in [0.1, 0.15) is 5.75 Å². The number of esters is 2. The lowest BCUT2D eigenvalue weighted by atomic mass is 9.83. The second kappa shape index (κ2) is 12.7. The summed E-state index contributed by atoms with van der Waals surface area (Å²) in [6.45, 7) is 16.7. The van der Waals surface area contributed by atoms with Gasteiger partial charge in [-0.15, -0.1) is 0 Å². The van der Waals surface area contributed by atoms with Crippen molar-refractivity contribution in [3.05, 3.63) is 64.2 Å². The first-order chi connectivity index (χ1) is 16.1. The Morgan fingerprint density at radius 2 is 1.47 bits per heavy atom. The molecule has 186 valence electrons.